The van der Waals surface area contributed by atoms with E-state index in [0.717, 1.165) is 12.8 Å². The molecule has 0 amide bonds. The van der Waals surface area contributed by atoms with Crippen LogP contribution in [-0.4, -0.2) is 7.11 Å². The summed E-state index contributed by atoms with van der Waals surface area (Å²) in [5.74, 6) is 0. The molecule has 0 aliphatic heterocycles. The van der Waals surface area contributed by atoms with Gasteiger partial charge in [-0.2, -0.15) is 0 Å². The van der Waals surface area contributed by atoms with Gasteiger partial charge in [0.15, 0.2) is 0 Å². The Morgan fingerprint density at radius 3 is 2.00 bits per heavy atom. The van der Waals surface area contributed by atoms with Crippen molar-refractivity contribution in [2.75, 3.05) is 7.11 Å². The topological polar surface area (TPSA) is 9.23 Å². The van der Waals surface area contributed by atoms with Crippen molar-refractivity contribution in [1.29, 1.82) is 0 Å². The average molecular weight is 192 g/mol. The molecule has 1 unspecified atom stereocenters. The quantitative estimate of drug-likeness (QED) is 0.709. The highest BCUT2D eigenvalue weighted by molar-refractivity contribution is 5.37. The van der Waals surface area contributed by atoms with Crippen LogP contribution < -0.4 is 0 Å². The van der Waals surface area contributed by atoms with Crippen molar-refractivity contribution in [2.24, 2.45) is 0 Å². The molecule has 0 saturated heterocycles. The zero-order chi connectivity index (χ0) is 10.6. The van der Waals surface area contributed by atoms with Gasteiger partial charge in [0.25, 0.3) is 0 Å². The number of benzene rings is 1. The largest absolute Gasteiger partial charge is 0.377 e. The van der Waals surface area contributed by atoms with Crippen LogP contribution in [0.4, 0.5) is 0 Å². The van der Waals surface area contributed by atoms with Crippen LogP contribution >= 0.6 is 0 Å². The summed E-state index contributed by atoms with van der Waals surface area (Å²) in [6.45, 7) is 6.51. The van der Waals surface area contributed by atoms with Gasteiger partial charge in [-0.25, -0.2) is 0 Å². The number of ether oxygens (including phenoxy) is 1. The summed E-state index contributed by atoms with van der Waals surface area (Å²) in [5, 5.41) is 0. The third kappa shape index (κ3) is 2.16. The summed E-state index contributed by atoms with van der Waals surface area (Å²) in [6.07, 6.45) is 2.37. The maximum Gasteiger partial charge on any atom is 0.0798 e. The highest BCUT2D eigenvalue weighted by atomic mass is 16.5. The summed E-state index contributed by atoms with van der Waals surface area (Å²) in [4.78, 5) is 0. The van der Waals surface area contributed by atoms with E-state index in [-0.39, 0.29) is 6.10 Å². The highest BCUT2D eigenvalue weighted by Crippen LogP contribution is 2.25. The van der Waals surface area contributed by atoms with E-state index in [9.17, 15) is 0 Å². The first-order valence-electron chi connectivity index (χ1n) is 5.38. The van der Waals surface area contributed by atoms with E-state index in [4.69, 9.17) is 4.74 Å². The second-order valence-corrected chi connectivity index (χ2v) is 3.57. The fraction of sp³-hybridized carbons (Fsp3) is 0.538. The van der Waals surface area contributed by atoms with Crippen molar-refractivity contribution in [2.45, 2.75) is 39.7 Å². The first-order valence-corrected chi connectivity index (χ1v) is 5.38. The summed E-state index contributed by atoms with van der Waals surface area (Å²) in [5.41, 5.74) is 4.22. The molecule has 0 aliphatic carbocycles. The van der Waals surface area contributed by atoms with Gasteiger partial charge in [0.1, 0.15) is 0 Å². The van der Waals surface area contributed by atoms with E-state index in [1.807, 2.05) is 0 Å². The molecule has 14 heavy (non-hydrogen) atoms. The predicted octanol–water partition coefficient (Wildman–Crippen LogP) is 3.52. The molecule has 0 bridgehead atoms. The van der Waals surface area contributed by atoms with Crippen LogP contribution in [0.5, 0.6) is 0 Å². The van der Waals surface area contributed by atoms with E-state index in [0.29, 0.717) is 0 Å². The SMILES string of the molecule is CCc1cccc(CC)c1C(C)OC. The lowest BCUT2D eigenvalue weighted by molar-refractivity contribution is 0.118. The Morgan fingerprint density at radius 2 is 1.64 bits per heavy atom. The van der Waals surface area contributed by atoms with Gasteiger partial charge >= 0.3 is 0 Å². The molecule has 0 radical (unpaired) electrons. The molecular weight excluding hydrogens is 172 g/mol. The van der Waals surface area contributed by atoms with Gasteiger partial charge in [-0.3, -0.25) is 0 Å². The molecule has 1 heteroatoms. The molecule has 0 heterocycles. The van der Waals surface area contributed by atoms with Crippen LogP contribution in [0.3, 0.4) is 0 Å². The van der Waals surface area contributed by atoms with Crippen LogP contribution in [0.25, 0.3) is 0 Å². The Bertz CT molecular complexity index is 269. The molecule has 0 N–H and O–H groups in total. The molecule has 1 nitrogen and oxygen atoms in total. The number of hydrogen-bond acceptors (Lipinski definition) is 1. The number of rotatable bonds is 4. The Balaban J connectivity index is 3.18. The first kappa shape index (κ1) is 11.3. The van der Waals surface area contributed by atoms with Crippen LogP contribution in [0.15, 0.2) is 18.2 Å². The van der Waals surface area contributed by atoms with Crippen LogP contribution in [0.1, 0.15) is 43.6 Å². The lowest BCUT2D eigenvalue weighted by Crippen LogP contribution is -2.05. The summed E-state index contributed by atoms with van der Waals surface area (Å²) in [7, 11) is 1.77. The highest BCUT2D eigenvalue weighted by Gasteiger charge is 2.12. The van der Waals surface area contributed by atoms with E-state index in [1.165, 1.54) is 16.7 Å². The van der Waals surface area contributed by atoms with Gasteiger partial charge in [0, 0.05) is 7.11 Å². The molecule has 0 saturated carbocycles. The fourth-order valence-corrected chi connectivity index (χ4v) is 1.92. The zero-order valence-corrected chi connectivity index (χ0v) is 9.63. The maximum atomic E-state index is 5.42. The minimum atomic E-state index is 0.209. The fourth-order valence-electron chi connectivity index (χ4n) is 1.92. The molecule has 78 valence electrons. The Morgan fingerprint density at radius 1 is 1.14 bits per heavy atom. The summed E-state index contributed by atoms with van der Waals surface area (Å²) in [6, 6.07) is 6.54. The van der Waals surface area contributed by atoms with Gasteiger partial charge in [0.2, 0.25) is 0 Å². The third-order valence-electron chi connectivity index (χ3n) is 2.81. The maximum absolute atomic E-state index is 5.42. The van der Waals surface area contributed by atoms with Gasteiger partial charge in [-0.15, -0.1) is 0 Å². The molecule has 1 atom stereocenters. The standard InChI is InChI=1S/C13H20O/c1-5-11-8-7-9-12(6-2)13(11)10(3)14-4/h7-10H,5-6H2,1-4H3. The smallest absolute Gasteiger partial charge is 0.0798 e. The number of hydrogen-bond donors (Lipinski definition) is 0. The van der Waals surface area contributed by atoms with E-state index < -0.39 is 0 Å². The Kier molecular flexibility index (Phi) is 4.15. The van der Waals surface area contributed by atoms with Crippen LogP contribution in [0.2, 0.25) is 0 Å². The van der Waals surface area contributed by atoms with Crippen molar-refractivity contribution in [3.63, 3.8) is 0 Å². The molecule has 0 aliphatic rings. The minimum absolute atomic E-state index is 0.209. The second kappa shape index (κ2) is 5.16. The normalized spacial score (nSPS) is 12.9. The molecular formula is C13H20O. The van der Waals surface area contributed by atoms with E-state index in [2.05, 4.69) is 39.0 Å². The lowest BCUT2D eigenvalue weighted by atomic mass is 9.94. The Hall–Kier alpha value is -0.820. The first-order chi connectivity index (χ1) is 6.74. The van der Waals surface area contributed by atoms with Gasteiger partial charge < -0.3 is 4.74 Å². The number of methoxy groups -OCH3 is 1. The van der Waals surface area contributed by atoms with E-state index >= 15 is 0 Å². The zero-order valence-electron chi connectivity index (χ0n) is 9.63. The monoisotopic (exact) mass is 192 g/mol. The van der Waals surface area contributed by atoms with Crippen molar-refractivity contribution >= 4 is 0 Å². The molecule has 0 aromatic heterocycles. The predicted molar refractivity (Wildman–Crippen MR) is 60.6 cm³/mol. The second-order valence-electron chi connectivity index (χ2n) is 3.57. The van der Waals surface area contributed by atoms with Crippen LogP contribution in [-0.2, 0) is 17.6 Å². The molecule has 1 aromatic carbocycles. The van der Waals surface area contributed by atoms with Crippen molar-refractivity contribution in [1.82, 2.24) is 0 Å². The minimum Gasteiger partial charge on any atom is -0.377 e. The molecule has 1 aromatic rings. The lowest BCUT2D eigenvalue weighted by Gasteiger charge is -2.18. The molecule has 0 fully saturated rings. The van der Waals surface area contributed by atoms with Crippen molar-refractivity contribution in [3.05, 3.63) is 34.9 Å². The van der Waals surface area contributed by atoms with E-state index in [1.54, 1.807) is 7.11 Å². The summed E-state index contributed by atoms with van der Waals surface area (Å²) >= 11 is 0. The van der Waals surface area contributed by atoms with Gasteiger partial charge in [-0.1, -0.05) is 32.0 Å². The summed E-state index contributed by atoms with van der Waals surface area (Å²) < 4.78 is 5.42. The van der Waals surface area contributed by atoms with Crippen molar-refractivity contribution in [3.8, 4) is 0 Å². The Labute approximate surface area is 87.1 Å². The third-order valence-corrected chi connectivity index (χ3v) is 2.81. The average Bonchev–Trinajstić information content (AvgIpc) is 2.26. The molecule has 0 spiro atoms. The van der Waals surface area contributed by atoms with Crippen molar-refractivity contribution < 1.29 is 4.74 Å². The van der Waals surface area contributed by atoms with Gasteiger partial charge in [-0.05, 0) is 36.5 Å². The molecule has 1 rings (SSSR count). The van der Waals surface area contributed by atoms with Gasteiger partial charge in [0.05, 0.1) is 6.10 Å². The number of aryl methyl sites for hydroxylation is 2. The van der Waals surface area contributed by atoms with Crippen LogP contribution in [0, 0.1) is 0 Å².